The normalized spacial score (nSPS) is 9.86. The van der Waals surface area contributed by atoms with Crippen molar-refractivity contribution in [2.45, 2.75) is 13.3 Å². The maximum atomic E-state index is 11.1. The van der Waals surface area contributed by atoms with Gasteiger partial charge in [-0.05, 0) is 0 Å². The first-order valence-electron chi connectivity index (χ1n) is 4.00. The Bertz CT molecular complexity index is 410. The zero-order valence-corrected chi connectivity index (χ0v) is 7.83. The van der Waals surface area contributed by atoms with Crippen molar-refractivity contribution in [3.63, 3.8) is 0 Å². The standard InChI is InChI=1S/C8H10N2O4/c1-3-4-9-5(8(13)14-2)6(11)7(12)10-4/h11H,3H2,1-2H3,(H,9,10,12). The predicted molar refractivity (Wildman–Crippen MR) is 47.2 cm³/mol. The van der Waals surface area contributed by atoms with E-state index < -0.39 is 17.3 Å². The van der Waals surface area contributed by atoms with E-state index in [1.807, 2.05) is 0 Å². The molecule has 0 amide bonds. The molecule has 0 aliphatic carbocycles. The van der Waals surface area contributed by atoms with Crippen molar-refractivity contribution < 1.29 is 14.6 Å². The van der Waals surface area contributed by atoms with E-state index in [9.17, 15) is 14.7 Å². The van der Waals surface area contributed by atoms with Gasteiger partial charge in [0.2, 0.25) is 5.75 Å². The maximum absolute atomic E-state index is 11.1. The summed E-state index contributed by atoms with van der Waals surface area (Å²) in [6, 6.07) is 0. The van der Waals surface area contributed by atoms with Crippen LogP contribution < -0.4 is 5.56 Å². The first kappa shape index (κ1) is 10.2. The molecule has 14 heavy (non-hydrogen) atoms. The number of ether oxygens (including phenoxy) is 1. The molecule has 1 aromatic rings. The van der Waals surface area contributed by atoms with Crippen LogP contribution in [0, 0.1) is 0 Å². The molecule has 0 atom stereocenters. The average Bonchev–Trinajstić information content (AvgIpc) is 2.20. The first-order chi connectivity index (χ1) is 6.60. The number of H-pyrrole nitrogens is 1. The molecule has 0 aliphatic rings. The summed E-state index contributed by atoms with van der Waals surface area (Å²) in [4.78, 5) is 28.2. The van der Waals surface area contributed by atoms with Crippen LogP contribution in [-0.2, 0) is 11.2 Å². The van der Waals surface area contributed by atoms with Crippen LogP contribution in [0.25, 0.3) is 0 Å². The lowest BCUT2D eigenvalue weighted by Crippen LogP contribution is -2.17. The van der Waals surface area contributed by atoms with Crippen LogP contribution in [0.3, 0.4) is 0 Å². The number of nitrogens with zero attached hydrogens (tertiary/aromatic N) is 1. The van der Waals surface area contributed by atoms with Gasteiger partial charge in [0, 0.05) is 6.42 Å². The van der Waals surface area contributed by atoms with Crippen molar-refractivity contribution in [1.29, 1.82) is 0 Å². The summed E-state index contributed by atoms with van der Waals surface area (Å²) in [5.41, 5.74) is -1.09. The van der Waals surface area contributed by atoms with Crippen LogP contribution in [0.15, 0.2) is 4.79 Å². The molecule has 6 nitrogen and oxygen atoms in total. The van der Waals surface area contributed by atoms with Crippen LogP contribution >= 0.6 is 0 Å². The van der Waals surface area contributed by atoms with Crippen LogP contribution in [0.4, 0.5) is 0 Å². The van der Waals surface area contributed by atoms with E-state index in [4.69, 9.17) is 0 Å². The quantitative estimate of drug-likeness (QED) is 0.643. The number of esters is 1. The second-order valence-corrected chi connectivity index (χ2v) is 2.55. The largest absolute Gasteiger partial charge is 0.501 e. The molecular weight excluding hydrogens is 188 g/mol. The summed E-state index contributed by atoms with van der Waals surface area (Å²) in [5.74, 6) is -1.22. The second-order valence-electron chi connectivity index (χ2n) is 2.55. The highest BCUT2D eigenvalue weighted by molar-refractivity contribution is 5.89. The fourth-order valence-corrected chi connectivity index (χ4v) is 0.920. The Labute approximate surface area is 79.6 Å². The number of rotatable bonds is 2. The highest BCUT2D eigenvalue weighted by atomic mass is 16.5. The van der Waals surface area contributed by atoms with Gasteiger partial charge < -0.3 is 14.8 Å². The fraction of sp³-hybridized carbons (Fsp3) is 0.375. The van der Waals surface area contributed by atoms with Crippen LogP contribution in [-0.4, -0.2) is 28.2 Å². The van der Waals surface area contributed by atoms with Gasteiger partial charge in [0.25, 0.3) is 5.56 Å². The van der Waals surface area contributed by atoms with Crippen molar-refractivity contribution in [2.24, 2.45) is 0 Å². The van der Waals surface area contributed by atoms with Crippen molar-refractivity contribution >= 4 is 5.97 Å². The molecule has 0 aromatic carbocycles. The highest BCUT2D eigenvalue weighted by Gasteiger charge is 2.17. The number of methoxy groups -OCH3 is 1. The summed E-state index contributed by atoms with van der Waals surface area (Å²) in [6.07, 6.45) is 0.458. The van der Waals surface area contributed by atoms with Gasteiger partial charge in [-0.15, -0.1) is 0 Å². The lowest BCUT2D eigenvalue weighted by Gasteiger charge is -2.02. The first-order valence-corrected chi connectivity index (χ1v) is 4.00. The molecule has 0 bridgehead atoms. The molecule has 2 N–H and O–H groups in total. The molecule has 1 aromatic heterocycles. The zero-order valence-electron chi connectivity index (χ0n) is 7.83. The molecule has 0 radical (unpaired) electrons. The SMILES string of the molecule is CCc1nc(C(=O)OC)c(O)c(=O)[nH]1. The van der Waals surface area contributed by atoms with Gasteiger partial charge in [0.05, 0.1) is 7.11 Å². The van der Waals surface area contributed by atoms with E-state index in [2.05, 4.69) is 14.7 Å². The Balaban J connectivity index is 3.34. The Hall–Kier alpha value is -1.85. The third kappa shape index (κ3) is 1.73. The number of aromatic nitrogens is 2. The Morgan fingerprint density at radius 3 is 2.79 bits per heavy atom. The van der Waals surface area contributed by atoms with E-state index >= 15 is 0 Å². The van der Waals surface area contributed by atoms with Crippen molar-refractivity contribution in [3.05, 3.63) is 21.9 Å². The number of hydrogen-bond acceptors (Lipinski definition) is 5. The van der Waals surface area contributed by atoms with E-state index in [1.54, 1.807) is 6.92 Å². The summed E-state index contributed by atoms with van der Waals surface area (Å²) >= 11 is 0. The minimum absolute atomic E-state index is 0.327. The molecule has 1 rings (SSSR count). The summed E-state index contributed by atoms with van der Waals surface area (Å²) < 4.78 is 4.36. The number of hydrogen-bond donors (Lipinski definition) is 2. The van der Waals surface area contributed by atoms with Crippen LogP contribution in [0.1, 0.15) is 23.2 Å². The maximum Gasteiger partial charge on any atom is 0.360 e. The number of aromatic amines is 1. The highest BCUT2D eigenvalue weighted by Crippen LogP contribution is 2.08. The van der Waals surface area contributed by atoms with Gasteiger partial charge in [-0.3, -0.25) is 4.79 Å². The van der Waals surface area contributed by atoms with Crippen molar-refractivity contribution in [2.75, 3.05) is 7.11 Å². The number of carbonyl (C=O) groups is 1. The summed E-state index contributed by atoms with van der Waals surface area (Å²) in [5, 5.41) is 9.21. The van der Waals surface area contributed by atoms with E-state index in [-0.39, 0.29) is 5.69 Å². The molecule has 0 aliphatic heterocycles. The molecule has 0 spiro atoms. The van der Waals surface area contributed by atoms with Crippen LogP contribution in [0.2, 0.25) is 0 Å². The van der Waals surface area contributed by atoms with Crippen molar-refractivity contribution in [1.82, 2.24) is 9.97 Å². The van der Waals surface area contributed by atoms with E-state index in [1.165, 1.54) is 0 Å². The molecule has 76 valence electrons. The van der Waals surface area contributed by atoms with Gasteiger partial charge in [0.15, 0.2) is 5.69 Å². The average molecular weight is 198 g/mol. The third-order valence-electron chi connectivity index (χ3n) is 1.66. The second kappa shape index (κ2) is 3.91. The van der Waals surface area contributed by atoms with Crippen molar-refractivity contribution in [3.8, 4) is 5.75 Å². The topological polar surface area (TPSA) is 92.3 Å². The molecule has 0 saturated heterocycles. The van der Waals surface area contributed by atoms with Crippen LogP contribution in [0.5, 0.6) is 5.75 Å². The Morgan fingerprint density at radius 2 is 2.29 bits per heavy atom. The number of carbonyl (C=O) groups excluding carboxylic acids is 1. The number of aromatic hydroxyl groups is 1. The molecule has 1 heterocycles. The lowest BCUT2D eigenvalue weighted by molar-refractivity contribution is 0.0589. The fourth-order valence-electron chi connectivity index (χ4n) is 0.920. The monoisotopic (exact) mass is 198 g/mol. The van der Waals surface area contributed by atoms with Gasteiger partial charge >= 0.3 is 5.97 Å². The molecule has 0 saturated carbocycles. The van der Waals surface area contributed by atoms with Gasteiger partial charge in [-0.2, -0.15) is 0 Å². The zero-order chi connectivity index (χ0) is 10.7. The molecular formula is C8H10N2O4. The number of nitrogens with one attached hydrogen (secondary N) is 1. The number of aryl methyl sites for hydroxylation is 1. The molecule has 0 fully saturated rings. The Kier molecular flexibility index (Phi) is 2.85. The van der Waals surface area contributed by atoms with Gasteiger partial charge in [0.1, 0.15) is 5.82 Å². The summed E-state index contributed by atoms with van der Waals surface area (Å²) in [7, 11) is 1.15. The van der Waals surface area contributed by atoms with Gasteiger partial charge in [-0.25, -0.2) is 9.78 Å². The predicted octanol–water partition coefficient (Wildman–Crippen LogP) is -0.176. The Morgan fingerprint density at radius 1 is 1.64 bits per heavy atom. The van der Waals surface area contributed by atoms with E-state index in [0.717, 1.165) is 7.11 Å². The lowest BCUT2D eigenvalue weighted by atomic mass is 10.3. The smallest absolute Gasteiger partial charge is 0.360 e. The summed E-state index contributed by atoms with van der Waals surface area (Å²) in [6.45, 7) is 1.76. The third-order valence-corrected chi connectivity index (χ3v) is 1.66. The minimum Gasteiger partial charge on any atom is -0.501 e. The van der Waals surface area contributed by atoms with Gasteiger partial charge in [-0.1, -0.05) is 6.92 Å². The minimum atomic E-state index is -0.830. The molecule has 6 heteroatoms. The van der Waals surface area contributed by atoms with E-state index in [0.29, 0.717) is 12.2 Å². The molecule has 0 unspecified atom stereocenters.